The van der Waals surface area contributed by atoms with Gasteiger partial charge in [-0.15, -0.1) is 0 Å². The van der Waals surface area contributed by atoms with Crippen LogP contribution < -0.4 is 0 Å². The van der Waals surface area contributed by atoms with E-state index in [-0.39, 0.29) is 25.3 Å². The highest BCUT2D eigenvalue weighted by Crippen LogP contribution is 2.06. The van der Waals surface area contributed by atoms with Crippen molar-refractivity contribution in [3.05, 3.63) is 0 Å². The van der Waals surface area contributed by atoms with Gasteiger partial charge < -0.3 is 10.0 Å². The summed E-state index contributed by atoms with van der Waals surface area (Å²) in [6.07, 6.45) is 0.517. The first-order chi connectivity index (χ1) is 9.34. The highest BCUT2D eigenvalue weighted by Gasteiger charge is 2.21. The van der Waals surface area contributed by atoms with E-state index in [1.54, 1.807) is 18.7 Å². The van der Waals surface area contributed by atoms with Gasteiger partial charge in [-0.2, -0.15) is 10.5 Å². The Bertz CT molecular complexity index is 358. The molecule has 0 radical (unpaired) electrons. The van der Waals surface area contributed by atoms with Crippen LogP contribution in [-0.2, 0) is 4.79 Å². The molecule has 0 saturated carbocycles. The predicted molar refractivity (Wildman–Crippen MR) is 75.5 cm³/mol. The molecule has 6 nitrogen and oxygen atoms in total. The van der Waals surface area contributed by atoms with E-state index in [0.717, 1.165) is 0 Å². The number of hydrogen-bond acceptors (Lipinski definition) is 5. The normalized spacial score (nSPS) is 10.9. The maximum Gasteiger partial charge on any atom is 0.236 e. The van der Waals surface area contributed by atoms with E-state index >= 15 is 0 Å². The second kappa shape index (κ2) is 9.30. The van der Waals surface area contributed by atoms with E-state index in [9.17, 15) is 9.90 Å². The van der Waals surface area contributed by atoms with Crippen LogP contribution in [0.15, 0.2) is 0 Å². The van der Waals surface area contributed by atoms with E-state index < -0.39 is 5.60 Å². The Kier molecular flexibility index (Phi) is 8.54. The van der Waals surface area contributed by atoms with Crippen LogP contribution in [0.3, 0.4) is 0 Å². The van der Waals surface area contributed by atoms with Crippen molar-refractivity contribution in [2.24, 2.45) is 0 Å². The molecule has 0 atom stereocenters. The third-order valence-electron chi connectivity index (χ3n) is 2.76. The number of nitrogens with zero attached hydrogens (tertiary/aromatic N) is 4. The summed E-state index contributed by atoms with van der Waals surface area (Å²) in [6.45, 7) is 7.26. The minimum Gasteiger partial charge on any atom is -0.389 e. The quantitative estimate of drug-likeness (QED) is 0.672. The van der Waals surface area contributed by atoms with E-state index in [0.29, 0.717) is 26.2 Å². The zero-order valence-corrected chi connectivity index (χ0v) is 12.6. The van der Waals surface area contributed by atoms with E-state index in [1.165, 1.54) is 0 Å². The molecular weight excluding hydrogens is 256 g/mol. The highest BCUT2D eigenvalue weighted by molar-refractivity contribution is 5.78. The second-order valence-electron chi connectivity index (χ2n) is 5.31. The second-order valence-corrected chi connectivity index (χ2v) is 5.31. The lowest BCUT2D eigenvalue weighted by Gasteiger charge is -2.29. The van der Waals surface area contributed by atoms with Gasteiger partial charge in [0.1, 0.15) is 0 Å². The van der Waals surface area contributed by atoms with Gasteiger partial charge in [0.05, 0.1) is 37.1 Å². The molecule has 0 spiro atoms. The minimum atomic E-state index is -0.861. The van der Waals surface area contributed by atoms with E-state index in [1.807, 2.05) is 24.0 Å². The number of amides is 1. The lowest BCUT2D eigenvalue weighted by atomic mass is 10.1. The van der Waals surface area contributed by atoms with Crippen molar-refractivity contribution >= 4 is 5.91 Å². The summed E-state index contributed by atoms with van der Waals surface area (Å²) < 4.78 is 0. The van der Waals surface area contributed by atoms with Crippen LogP contribution in [0.2, 0.25) is 0 Å². The highest BCUT2D eigenvalue weighted by atomic mass is 16.3. The van der Waals surface area contributed by atoms with E-state index in [4.69, 9.17) is 10.5 Å². The van der Waals surface area contributed by atoms with Crippen LogP contribution in [0.4, 0.5) is 0 Å². The largest absolute Gasteiger partial charge is 0.389 e. The zero-order chi connectivity index (χ0) is 15.6. The molecule has 0 aromatic rings. The van der Waals surface area contributed by atoms with Gasteiger partial charge in [-0.1, -0.05) is 6.92 Å². The molecule has 0 rings (SSSR count). The van der Waals surface area contributed by atoms with Crippen LogP contribution in [0.25, 0.3) is 0 Å². The molecule has 0 bridgehead atoms. The third kappa shape index (κ3) is 8.47. The van der Waals surface area contributed by atoms with Crippen LogP contribution in [0, 0.1) is 22.7 Å². The Balaban J connectivity index is 4.55. The summed E-state index contributed by atoms with van der Waals surface area (Å²) in [7, 11) is 0. The summed E-state index contributed by atoms with van der Waals surface area (Å²) in [5, 5.41) is 27.0. The fourth-order valence-electron chi connectivity index (χ4n) is 1.85. The Morgan fingerprint density at radius 3 is 2.05 bits per heavy atom. The molecular formula is C14H24N4O2. The van der Waals surface area contributed by atoms with Crippen molar-refractivity contribution in [3.63, 3.8) is 0 Å². The Hall–Kier alpha value is -1.63. The molecule has 0 fully saturated rings. The number of rotatable bonds is 9. The fraction of sp³-hybridized carbons (Fsp3) is 0.786. The van der Waals surface area contributed by atoms with Gasteiger partial charge in [-0.3, -0.25) is 9.69 Å². The van der Waals surface area contributed by atoms with Crippen molar-refractivity contribution in [1.82, 2.24) is 9.80 Å². The Morgan fingerprint density at radius 2 is 1.70 bits per heavy atom. The van der Waals surface area contributed by atoms with Crippen LogP contribution in [-0.4, -0.2) is 59.1 Å². The molecule has 0 aliphatic carbocycles. The molecule has 0 saturated heterocycles. The average Bonchev–Trinajstić information content (AvgIpc) is 2.36. The monoisotopic (exact) mass is 280 g/mol. The maximum atomic E-state index is 12.2. The summed E-state index contributed by atoms with van der Waals surface area (Å²) in [4.78, 5) is 15.6. The van der Waals surface area contributed by atoms with Gasteiger partial charge in [0, 0.05) is 19.6 Å². The predicted octanol–water partition coefficient (Wildman–Crippen LogP) is 0.735. The van der Waals surface area contributed by atoms with Crippen LogP contribution in [0.5, 0.6) is 0 Å². The number of carbonyl (C=O) groups excluding carboxylic acids is 1. The SMILES string of the molecule is CCN(CC(=O)N(CCC#N)CCC#N)CC(C)(C)O. The lowest BCUT2D eigenvalue weighted by Crippen LogP contribution is -2.45. The van der Waals surface area contributed by atoms with Gasteiger partial charge in [-0.05, 0) is 20.4 Å². The van der Waals surface area contributed by atoms with Crippen LogP contribution in [0.1, 0.15) is 33.6 Å². The first-order valence-corrected chi connectivity index (χ1v) is 6.80. The summed E-state index contributed by atoms with van der Waals surface area (Å²) >= 11 is 0. The maximum absolute atomic E-state index is 12.2. The minimum absolute atomic E-state index is 0.110. The van der Waals surface area contributed by atoms with Crippen molar-refractivity contribution in [3.8, 4) is 12.1 Å². The number of carbonyl (C=O) groups is 1. The number of likely N-dealkylation sites (N-methyl/N-ethyl adjacent to an activating group) is 1. The lowest BCUT2D eigenvalue weighted by molar-refractivity contribution is -0.132. The average molecular weight is 280 g/mol. The molecule has 20 heavy (non-hydrogen) atoms. The van der Waals surface area contributed by atoms with E-state index in [2.05, 4.69) is 0 Å². The van der Waals surface area contributed by atoms with Crippen molar-refractivity contribution < 1.29 is 9.90 Å². The van der Waals surface area contributed by atoms with Gasteiger partial charge >= 0.3 is 0 Å². The molecule has 0 aliphatic heterocycles. The zero-order valence-electron chi connectivity index (χ0n) is 12.6. The molecule has 1 amide bonds. The van der Waals surface area contributed by atoms with Crippen molar-refractivity contribution in [2.75, 3.05) is 32.7 Å². The van der Waals surface area contributed by atoms with Gasteiger partial charge in [0.15, 0.2) is 0 Å². The Morgan fingerprint density at radius 1 is 1.20 bits per heavy atom. The van der Waals surface area contributed by atoms with Gasteiger partial charge in [0.2, 0.25) is 5.91 Å². The standard InChI is InChI=1S/C14H24N4O2/c1-4-17(12-14(2,3)20)11-13(19)18(9-5-7-15)10-6-8-16/h20H,4-6,9-12H2,1-3H3. The summed E-state index contributed by atoms with van der Waals surface area (Å²) in [5.74, 6) is -0.110. The number of hydrogen-bond donors (Lipinski definition) is 1. The fourth-order valence-corrected chi connectivity index (χ4v) is 1.85. The molecule has 0 heterocycles. The van der Waals surface area contributed by atoms with Gasteiger partial charge in [0.25, 0.3) is 0 Å². The van der Waals surface area contributed by atoms with Crippen molar-refractivity contribution in [1.29, 1.82) is 10.5 Å². The topological polar surface area (TPSA) is 91.4 Å². The molecule has 6 heteroatoms. The molecule has 0 unspecified atom stereocenters. The molecule has 0 aliphatic rings. The molecule has 0 aromatic carbocycles. The number of nitriles is 2. The summed E-state index contributed by atoms with van der Waals surface area (Å²) in [6, 6.07) is 4.01. The van der Waals surface area contributed by atoms with Crippen LogP contribution >= 0.6 is 0 Å². The first kappa shape index (κ1) is 18.4. The van der Waals surface area contributed by atoms with Gasteiger partial charge in [-0.25, -0.2) is 0 Å². The molecule has 1 N–H and O–H groups in total. The molecule has 112 valence electrons. The number of aliphatic hydroxyl groups is 1. The third-order valence-corrected chi connectivity index (χ3v) is 2.76. The molecule has 0 aromatic heterocycles. The van der Waals surface area contributed by atoms with Crippen molar-refractivity contribution in [2.45, 2.75) is 39.2 Å². The smallest absolute Gasteiger partial charge is 0.236 e. The Labute approximate surface area is 121 Å². The first-order valence-electron chi connectivity index (χ1n) is 6.80. The summed E-state index contributed by atoms with van der Waals surface area (Å²) in [5.41, 5.74) is -0.861.